The Morgan fingerprint density at radius 3 is 2.28 bits per heavy atom. The first-order valence-corrected chi connectivity index (χ1v) is 5.55. The van der Waals surface area contributed by atoms with Gasteiger partial charge in [0.25, 0.3) is 11.8 Å². The van der Waals surface area contributed by atoms with Crippen LogP contribution in [-0.4, -0.2) is 48.2 Å². The molecular formula is C11H15N3O4. The van der Waals surface area contributed by atoms with Crippen LogP contribution in [0.15, 0.2) is 12.2 Å². The van der Waals surface area contributed by atoms with Crippen LogP contribution < -0.4 is 10.6 Å². The van der Waals surface area contributed by atoms with Crippen molar-refractivity contribution >= 4 is 23.6 Å². The summed E-state index contributed by atoms with van der Waals surface area (Å²) in [5, 5.41) is 5.05. The number of hydrogen-bond donors (Lipinski definition) is 2. The number of hydrogen-bond acceptors (Lipinski definition) is 4. The van der Waals surface area contributed by atoms with Crippen LogP contribution in [0.5, 0.6) is 0 Å². The van der Waals surface area contributed by atoms with Gasteiger partial charge in [0.05, 0.1) is 0 Å². The highest BCUT2D eigenvalue weighted by Gasteiger charge is 2.22. The van der Waals surface area contributed by atoms with Crippen LogP contribution >= 0.6 is 0 Å². The normalized spacial score (nSPS) is 13.9. The Balaban J connectivity index is 2.14. The molecule has 1 rings (SSSR count). The molecule has 2 N–H and O–H groups in total. The van der Waals surface area contributed by atoms with Gasteiger partial charge in [-0.2, -0.15) is 0 Å². The Morgan fingerprint density at radius 2 is 1.72 bits per heavy atom. The fraction of sp³-hybridized carbons (Fsp3) is 0.455. The van der Waals surface area contributed by atoms with Crippen molar-refractivity contribution in [3.63, 3.8) is 0 Å². The fourth-order valence-corrected chi connectivity index (χ4v) is 1.40. The molecule has 0 aromatic heterocycles. The van der Waals surface area contributed by atoms with E-state index >= 15 is 0 Å². The zero-order valence-corrected chi connectivity index (χ0v) is 10.1. The van der Waals surface area contributed by atoms with Gasteiger partial charge in [-0.05, 0) is 0 Å². The summed E-state index contributed by atoms with van der Waals surface area (Å²) >= 11 is 0. The molecule has 0 spiro atoms. The van der Waals surface area contributed by atoms with Gasteiger partial charge in [-0.25, -0.2) is 0 Å². The second-order valence-electron chi connectivity index (χ2n) is 3.74. The SMILES string of the molecule is CC(=O)NCCC(=O)NCCN1C(=O)C=CC1=O. The van der Waals surface area contributed by atoms with Crippen LogP contribution in [0.2, 0.25) is 0 Å². The molecule has 7 nitrogen and oxygen atoms in total. The van der Waals surface area contributed by atoms with Gasteiger partial charge in [-0.1, -0.05) is 0 Å². The molecule has 0 aromatic carbocycles. The Morgan fingerprint density at radius 1 is 1.11 bits per heavy atom. The minimum absolute atomic E-state index is 0.149. The standard InChI is InChI=1S/C11H15N3O4/c1-8(15)12-5-4-9(16)13-6-7-14-10(17)2-3-11(14)18/h2-3H,4-7H2,1H3,(H,12,15)(H,13,16). The molecule has 0 atom stereocenters. The minimum atomic E-state index is -0.368. The highest BCUT2D eigenvalue weighted by Crippen LogP contribution is 2.01. The molecule has 0 aromatic rings. The Bertz CT molecular complexity index is 385. The molecule has 0 radical (unpaired) electrons. The molecule has 98 valence electrons. The van der Waals surface area contributed by atoms with Gasteiger partial charge < -0.3 is 10.6 Å². The van der Waals surface area contributed by atoms with Crippen molar-refractivity contribution < 1.29 is 19.2 Å². The second-order valence-corrected chi connectivity index (χ2v) is 3.74. The monoisotopic (exact) mass is 253 g/mol. The summed E-state index contributed by atoms with van der Waals surface area (Å²) in [5.74, 6) is -1.17. The van der Waals surface area contributed by atoms with E-state index in [-0.39, 0.29) is 49.7 Å². The van der Waals surface area contributed by atoms with E-state index in [2.05, 4.69) is 10.6 Å². The molecule has 0 saturated heterocycles. The van der Waals surface area contributed by atoms with E-state index < -0.39 is 0 Å². The zero-order chi connectivity index (χ0) is 13.5. The van der Waals surface area contributed by atoms with E-state index in [4.69, 9.17) is 0 Å². The van der Waals surface area contributed by atoms with Crippen molar-refractivity contribution in [1.29, 1.82) is 0 Å². The third-order valence-electron chi connectivity index (χ3n) is 2.28. The summed E-state index contributed by atoms with van der Waals surface area (Å²) in [7, 11) is 0. The number of nitrogens with zero attached hydrogens (tertiary/aromatic N) is 1. The van der Waals surface area contributed by atoms with Crippen LogP contribution in [-0.2, 0) is 19.2 Å². The molecule has 0 fully saturated rings. The summed E-state index contributed by atoms with van der Waals surface area (Å²) in [6.45, 7) is 1.99. The van der Waals surface area contributed by atoms with Crippen LogP contribution in [0, 0.1) is 0 Å². The topological polar surface area (TPSA) is 95.6 Å². The zero-order valence-electron chi connectivity index (χ0n) is 10.1. The molecule has 4 amide bonds. The van der Waals surface area contributed by atoms with Gasteiger partial charge in [0.15, 0.2) is 0 Å². The fourth-order valence-electron chi connectivity index (χ4n) is 1.40. The number of nitrogens with one attached hydrogen (secondary N) is 2. The van der Waals surface area contributed by atoms with Crippen LogP contribution in [0.1, 0.15) is 13.3 Å². The van der Waals surface area contributed by atoms with Gasteiger partial charge >= 0.3 is 0 Å². The third-order valence-corrected chi connectivity index (χ3v) is 2.28. The summed E-state index contributed by atoms with van der Waals surface area (Å²) in [6, 6.07) is 0. The van der Waals surface area contributed by atoms with E-state index in [0.29, 0.717) is 0 Å². The largest absolute Gasteiger partial charge is 0.356 e. The minimum Gasteiger partial charge on any atom is -0.356 e. The van der Waals surface area contributed by atoms with Crippen LogP contribution in [0.4, 0.5) is 0 Å². The maximum absolute atomic E-state index is 11.3. The second kappa shape index (κ2) is 6.53. The number of rotatable bonds is 6. The Hall–Kier alpha value is -2.18. The molecule has 0 bridgehead atoms. The molecule has 1 heterocycles. The average Bonchev–Trinajstić information content (AvgIpc) is 2.60. The van der Waals surface area contributed by atoms with Crippen molar-refractivity contribution in [2.24, 2.45) is 0 Å². The van der Waals surface area contributed by atoms with Crippen LogP contribution in [0.25, 0.3) is 0 Å². The molecule has 0 saturated carbocycles. The summed E-state index contributed by atoms with van der Waals surface area (Å²) in [5.41, 5.74) is 0. The lowest BCUT2D eigenvalue weighted by atomic mass is 10.4. The van der Waals surface area contributed by atoms with Gasteiger partial charge in [-0.15, -0.1) is 0 Å². The van der Waals surface area contributed by atoms with Crippen LogP contribution in [0.3, 0.4) is 0 Å². The van der Waals surface area contributed by atoms with Gasteiger partial charge in [0.1, 0.15) is 0 Å². The van der Waals surface area contributed by atoms with Crippen molar-refractivity contribution in [3.8, 4) is 0 Å². The highest BCUT2D eigenvalue weighted by molar-refractivity contribution is 6.12. The molecule has 7 heteroatoms. The summed E-state index contributed by atoms with van der Waals surface area (Å²) in [6.07, 6.45) is 2.56. The van der Waals surface area contributed by atoms with E-state index in [1.165, 1.54) is 19.1 Å². The summed E-state index contributed by atoms with van der Waals surface area (Å²) < 4.78 is 0. The van der Waals surface area contributed by atoms with Crippen molar-refractivity contribution in [1.82, 2.24) is 15.5 Å². The predicted octanol–water partition coefficient (Wildman–Crippen LogP) is -1.45. The first kappa shape index (κ1) is 13.9. The van der Waals surface area contributed by atoms with Crippen molar-refractivity contribution in [2.75, 3.05) is 19.6 Å². The number of amides is 4. The van der Waals surface area contributed by atoms with Gasteiger partial charge in [-0.3, -0.25) is 24.1 Å². The molecular weight excluding hydrogens is 238 g/mol. The molecule has 18 heavy (non-hydrogen) atoms. The van der Waals surface area contributed by atoms with Crippen molar-refractivity contribution in [3.05, 3.63) is 12.2 Å². The maximum atomic E-state index is 11.3. The lowest BCUT2D eigenvalue weighted by Gasteiger charge is -2.13. The van der Waals surface area contributed by atoms with E-state index in [9.17, 15) is 19.2 Å². The maximum Gasteiger partial charge on any atom is 0.253 e. The lowest BCUT2D eigenvalue weighted by molar-refractivity contribution is -0.137. The molecule has 0 unspecified atom stereocenters. The number of imide groups is 1. The first-order chi connectivity index (χ1) is 8.50. The summed E-state index contributed by atoms with van der Waals surface area (Å²) in [4.78, 5) is 45.2. The van der Waals surface area contributed by atoms with Gasteiger partial charge in [0, 0.05) is 45.1 Å². The van der Waals surface area contributed by atoms with E-state index in [1.54, 1.807) is 0 Å². The number of carbonyl (C=O) groups excluding carboxylic acids is 4. The Labute approximate surface area is 104 Å². The van der Waals surface area contributed by atoms with Crippen molar-refractivity contribution in [2.45, 2.75) is 13.3 Å². The van der Waals surface area contributed by atoms with E-state index in [1.807, 2.05) is 0 Å². The molecule has 0 aliphatic carbocycles. The third kappa shape index (κ3) is 4.36. The molecule has 1 aliphatic heterocycles. The van der Waals surface area contributed by atoms with Gasteiger partial charge in [0.2, 0.25) is 11.8 Å². The smallest absolute Gasteiger partial charge is 0.253 e. The quantitative estimate of drug-likeness (QED) is 0.566. The highest BCUT2D eigenvalue weighted by atomic mass is 16.2. The lowest BCUT2D eigenvalue weighted by Crippen LogP contribution is -2.39. The Kier molecular flexibility index (Phi) is 5.04. The average molecular weight is 253 g/mol. The molecule has 1 aliphatic rings. The predicted molar refractivity (Wildman–Crippen MR) is 62.2 cm³/mol. The number of carbonyl (C=O) groups is 4. The van der Waals surface area contributed by atoms with E-state index in [0.717, 1.165) is 4.90 Å². The first-order valence-electron chi connectivity index (χ1n) is 5.55.